The Morgan fingerprint density at radius 1 is 1.50 bits per heavy atom. The highest BCUT2D eigenvalue weighted by atomic mass is 32.2. The first-order valence-corrected chi connectivity index (χ1v) is 8.44. The lowest BCUT2D eigenvalue weighted by Gasteiger charge is -2.13. The number of urea groups is 1. The molecule has 0 aliphatic rings. The number of thiazole rings is 1. The lowest BCUT2D eigenvalue weighted by Crippen LogP contribution is -2.43. The van der Waals surface area contributed by atoms with Gasteiger partial charge < -0.3 is 10.4 Å². The van der Waals surface area contributed by atoms with E-state index >= 15 is 0 Å². The normalized spacial score (nSPS) is 11.9. The largest absolute Gasteiger partial charge is 0.480 e. The van der Waals surface area contributed by atoms with Gasteiger partial charge in [-0.05, 0) is 31.8 Å². The Morgan fingerprint density at radius 2 is 2.20 bits per heavy atom. The minimum Gasteiger partial charge on any atom is -0.480 e. The summed E-state index contributed by atoms with van der Waals surface area (Å²) in [6.07, 6.45) is 3.09. The third-order valence-corrected chi connectivity index (χ3v) is 4.23. The highest BCUT2D eigenvalue weighted by Gasteiger charge is 2.20. The summed E-state index contributed by atoms with van der Waals surface area (Å²) in [5.74, 6) is -0.355. The molecule has 0 aromatic carbocycles. The van der Waals surface area contributed by atoms with Gasteiger partial charge in [0.05, 0.1) is 5.69 Å². The first-order chi connectivity index (χ1) is 9.47. The lowest BCUT2D eigenvalue weighted by atomic mass is 10.2. The topological polar surface area (TPSA) is 91.3 Å². The molecule has 2 amide bonds. The van der Waals surface area contributed by atoms with E-state index in [1.165, 1.54) is 11.3 Å². The molecule has 0 radical (unpaired) electrons. The molecular weight excluding hydrogens is 298 g/mol. The number of amides is 2. The van der Waals surface area contributed by atoms with E-state index < -0.39 is 18.0 Å². The van der Waals surface area contributed by atoms with Crippen LogP contribution in [0.15, 0.2) is 0 Å². The van der Waals surface area contributed by atoms with Gasteiger partial charge in [0.25, 0.3) is 0 Å². The average molecular weight is 317 g/mol. The molecule has 1 heterocycles. The number of carbonyl (C=O) groups is 2. The second-order valence-corrected chi connectivity index (χ2v) is 6.34. The number of rotatable bonds is 7. The molecule has 0 saturated heterocycles. The van der Waals surface area contributed by atoms with Gasteiger partial charge in [-0.3, -0.25) is 5.32 Å². The molecule has 0 aliphatic carbocycles. The zero-order chi connectivity index (χ0) is 15.1. The second-order valence-electron chi connectivity index (χ2n) is 4.15. The van der Waals surface area contributed by atoms with E-state index in [1.807, 2.05) is 20.1 Å². The van der Waals surface area contributed by atoms with Gasteiger partial charge in [-0.15, -0.1) is 11.3 Å². The summed E-state index contributed by atoms with van der Waals surface area (Å²) >= 11 is 2.93. The summed E-state index contributed by atoms with van der Waals surface area (Å²) in [6.45, 7) is 3.94. The van der Waals surface area contributed by atoms with Gasteiger partial charge in [0.2, 0.25) is 0 Å². The lowest BCUT2D eigenvalue weighted by molar-refractivity contribution is -0.139. The molecule has 1 rings (SSSR count). The molecule has 0 aliphatic heterocycles. The molecule has 1 aromatic heterocycles. The molecule has 0 saturated carbocycles. The fourth-order valence-electron chi connectivity index (χ4n) is 1.59. The van der Waals surface area contributed by atoms with Crippen molar-refractivity contribution in [1.29, 1.82) is 0 Å². The number of nitrogens with one attached hydrogen (secondary N) is 2. The SMILES string of the molecule is CCc1nc(NC(=O)NC(CCSC)C(=O)O)sc1C. The first-order valence-electron chi connectivity index (χ1n) is 6.23. The van der Waals surface area contributed by atoms with E-state index in [9.17, 15) is 9.59 Å². The van der Waals surface area contributed by atoms with Crippen molar-refractivity contribution in [2.24, 2.45) is 0 Å². The monoisotopic (exact) mass is 317 g/mol. The fraction of sp³-hybridized carbons (Fsp3) is 0.583. The van der Waals surface area contributed by atoms with Crippen LogP contribution in [-0.2, 0) is 11.2 Å². The minimum absolute atomic E-state index is 0.390. The van der Waals surface area contributed by atoms with Gasteiger partial charge >= 0.3 is 12.0 Å². The van der Waals surface area contributed by atoms with Crippen LogP contribution < -0.4 is 10.6 Å². The van der Waals surface area contributed by atoms with Crippen LogP contribution in [0.25, 0.3) is 0 Å². The van der Waals surface area contributed by atoms with Crippen molar-refractivity contribution in [2.75, 3.05) is 17.3 Å². The van der Waals surface area contributed by atoms with Crippen LogP contribution in [0.1, 0.15) is 23.9 Å². The van der Waals surface area contributed by atoms with Gasteiger partial charge in [0.1, 0.15) is 6.04 Å². The van der Waals surface area contributed by atoms with Crippen molar-refractivity contribution in [3.63, 3.8) is 0 Å². The maximum atomic E-state index is 11.8. The number of carbonyl (C=O) groups excluding carboxylic acids is 1. The van der Waals surface area contributed by atoms with E-state index in [1.54, 1.807) is 11.8 Å². The molecule has 1 unspecified atom stereocenters. The van der Waals surface area contributed by atoms with Crippen molar-refractivity contribution in [3.8, 4) is 0 Å². The van der Waals surface area contributed by atoms with Gasteiger partial charge in [-0.1, -0.05) is 6.92 Å². The number of thioether (sulfide) groups is 1. The van der Waals surface area contributed by atoms with Gasteiger partial charge in [-0.25, -0.2) is 14.6 Å². The molecule has 20 heavy (non-hydrogen) atoms. The Balaban J connectivity index is 2.58. The standard InChI is InChI=1S/C12H19N3O3S2/c1-4-8-7(2)20-12(14-8)15-11(18)13-9(10(16)17)5-6-19-3/h9H,4-6H2,1-3H3,(H,16,17)(H2,13,14,15,18). The van der Waals surface area contributed by atoms with Crippen molar-refractivity contribution in [2.45, 2.75) is 32.7 Å². The average Bonchev–Trinajstić information content (AvgIpc) is 2.74. The van der Waals surface area contributed by atoms with Crippen LogP contribution >= 0.6 is 23.1 Å². The van der Waals surface area contributed by atoms with Gasteiger partial charge in [-0.2, -0.15) is 11.8 Å². The Hall–Kier alpha value is -1.28. The number of nitrogens with zero attached hydrogens (tertiary/aromatic N) is 1. The number of carboxylic acids is 1. The first kappa shape index (κ1) is 16.8. The summed E-state index contributed by atoms with van der Waals surface area (Å²) in [5.41, 5.74) is 0.947. The molecule has 0 fully saturated rings. The Labute approximate surface area is 126 Å². The smallest absolute Gasteiger partial charge is 0.326 e. The van der Waals surface area contributed by atoms with Crippen LogP contribution in [0, 0.1) is 6.92 Å². The van der Waals surface area contributed by atoms with Crippen molar-refractivity contribution in [1.82, 2.24) is 10.3 Å². The summed E-state index contributed by atoms with van der Waals surface area (Å²) in [6, 6.07) is -1.41. The molecule has 112 valence electrons. The summed E-state index contributed by atoms with van der Waals surface area (Å²) in [4.78, 5) is 28.1. The second kappa shape index (κ2) is 8.11. The highest BCUT2D eigenvalue weighted by molar-refractivity contribution is 7.98. The molecule has 0 bridgehead atoms. The van der Waals surface area contributed by atoms with Crippen LogP contribution in [0.4, 0.5) is 9.93 Å². The van der Waals surface area contributed by atoms with Crippen LogP contribution in [0.3, 0.4) is 0 Å². The van der Waals surface area contributed by atoms with E-state index in [2.05, 4.69) is 15.6 Å². The van der Waals surface area contributed by atoms with Crippen molar-refractivity contribution < 1.29 is 14.7 Å². The summed E-state index contributed by atoms with van der Waals surface area (Å²) < 4.78 is 0. The molecular formula is C12H19N3O3S2. The van der Waals surface area contributed by atoms with Crippen LogP contribution in [0.2, 0.25) is 0 Å². The third kappa shape index (κ3) is 5.01. The number of aliphatic carboxylic acids is 1. The quantitative estimate of drug-likeness (QED) is 0.718. The third-order valence-electron chi connectivity index (χ3n) is 2.66. The van der Waals surface area contributed by atoms with Crippen LogP contribution in [-0.4, -0.2) is 40.1 Å². The van der Waals surface area contributed by atoms with E-state index in [4.69, 9.17) is 5.11 Å². The van der Waals surface area contributed by atoms with E-state index in [0.29, 0.717) is 17.3 Å². The maximum absolute atomic E-state index is 11.8. The van der Waals surface area contributed by atoms with Gasteiger partial charge in [0, 0.05) is 4.88 Å². The van der Waals surface area contributed by atoms with E-state index in [0.717, 1.165) is 17.0 Å². The Morgan fingerprint density at radius 3 is 2.70 bits per heavy atom. The number of carboxylic acid groups (broad SMARTS) is 1. The Kier molecular flexibility index (Phi) is 6.80. The van der Waals surface area contributed by atoms with E-state index in [-0.39, 0.29) is 0 Å². The molecule has 6 nitrogen and oxygen atoms in total. The molecule has 1 aromatic rings. The van der Waals surface area contributed by atoms with Crippen LogP contribution in [0.5, 0.6) is 0 Å². The molecule has 1 atom stereocenters. The Bertz CT molecular complexity index is 477. The van der Waals surface area contributed by atoms with Gasteiger partial charge in [0.15, 0.2) is 5.13 Å². The number of aryl methyl sites for hydroxylation is 2. The summed E-state index contributed by atoms with van der Waals surface area (Å²) in [7, 11) is 0. The number of hydrogen-bond acceptors (Lipinski definition) is 5. The molecule has 0 spiro atoms. The molecule has 8 heteroatoms. The number of anilines is 1. The maximum Gasteiger partial charge on any atom is 0.326 e. The van der Waals surface area contributed by atoms with Crippen molar-refractivity contribution >= 4 is 40.2 Å². The zero-order valence-corrected chi connectivity index (χ0v) is 13.4. The predicted octanol–water partition coefficient (Wildman–Crippen LogP) is 2.34. The highest BCUT2D eigenvalue weighted by Crippen LogP contribution is 2.22. The summed E-state index contributed by atoms with van der Waals surface area (Å²) in [5, 5.41) is 14.6. The number of aromatic nitrogens is 1. The number of hydrogen-bond donors (Lipinski definition) is 3. The zero-order valence-electron chi connectivity index (χ0n) is 11.7. The predicted molar refractivity (Wildman–Crippen MR) is 82.8 cm³/mol. The minimum atomic E-state index is -1.03. The fourth-order valence-corrected chi connectivity index (χ4v) is 2.96. The molecule has 3 N–H and O–H groups in total. The van der Waals surface area contributed by atoms with Crippen molar-refractivity contribution in [3.05, 3.63) is 10.6 Å².